The van der Waals surface area contributed by atoms with Crippen molar-refractivity contribution in [2.24, 2.45) is 5.18 Å². The van der Waals surface area contributed by atoms with Gasteiger partial charge in [0.25, 0.3) is 0 Å². The van der Waals surface area contributed by atoms with Gasteiger partial charge in [0.1, 0.15) is 11.9 Å². The fraction of sp³-hybridized carbons (Fsp3) is 0.318. The topological polar surface area (TPSA) is 66.7 Å². The molecule has 4 nitrogen and oxygen atoms in total. The van der Waals surface area contributed by atoms with Gasteiger partial charge in [-0.2, -0.15) is 0 Å². The maximum absolute atomic E-state index is 14.1. The van der Waals surface area contributed by atoms with E-state index < -0.39 is 17.8 Å². The van der Waals surface area contributed by atoms with Gasteiger partial charge in [0, 0.05) is 5.56 Å². The van der Waals surface area contributed by atoms with Crippen LogP contribution in [0.1, 0.15) is 65.3 Å². The van der Waals surface area contributed by atoms with Crippen molar-refractivity contribution in [3.63, 3.8) is 0 Å². The molecule has 5 heteroatoms. The van der Waals surface area contributed by atoms with Crippen LogP contribution in [-0.4, -0.2) is 11.1 Å². The highest BCUT2D eigenvalue weighted by atomic mass is 19.1. The molecule has 0 fully saturated rings. The van der Waals surface area contributed by atoms with E-state index in [1.807, 2.05) is 12.1 Å². The number of aromatic carboxylic acids is 1. The van der Waals surface area contributed by atoms with Crippen molar-refractivity contribution in [1.82, 2.24) is 0 Å². The Balaban J connectivity index is 1.89. The zero-order chi connectivity index (χ0) is 19.6. The third-order valence-electron chi connectivity index (χ3n) is 5.27. The molecule has 0 saturated heterocycles. The first kappa shape index (κ1) is 19.0. The molecule has 140 valence electrons. The summed E-state index contributed by atoms with van der Waals surface area (Å²) in [4.78, 5) is 22.3. The molecule has 1 aliphatic rings. The number of carboxylic acid groups (broad SMARTS) is 1. The Labute approximate surface area is 157 Å². The van der Waals surface area contributed by atoms with Crippen molar-refractivity contribution in [1.29, 1.82) is 0 Å². The summed E-state index contributed by atoms with van der Waals surface area (Å²) >= 11 is 0. The van der Waals surface area contributed by atoms with Crippen molar-refractivity contribution in [3.8, 4) is 0 Å². The molecule has 0 bridgehead atoms. The molecule has 0 amide bonds. The molecule has 1 N–H and O–H groups in total. The quantitative estimate of drug-likeness (QED) is 0.694. The molecular weight excluding hydrogens is 345 g/mol. The summed E-state index contributed by atoms with van der Waals surface area (Å²) < 4.78 is 14.1. The summed E-state index contributed by atoms with van der Waals surface area (Å²) in [5.74, 6) is -1.84. The van der Waals surface area contributed by atoms with E-state index in [1.165, 1.54) is 29.3 Å². The van der Waals surface area contributed by atoms with Crippen LogP contribution in [0.25, 0.3) is 6.08 Å². The van der Waals surface area contributed by atoms with E-state index in [-0.39, 0.29) is 16.5 Å². The van der Waals surface area contributed by atoms with E-state index in [0.717, 1.165) is 30.9 Å². The minimum absolute atomic E-state index is 0.0551. The Morgan fingerprint density at radius 3 is 2.70 bits per heavy atom. The highest BCUT2D eigenvalue weighted by Gasteiger charge is 2.28. The third kappa shape index (κ3) is 3.97. The van der Waals surface area contributed by atoms with E-state index in [4.69, 9.17) is 5.11 Å². The van der Waals surface area contributed by atoms with Gasteiger partial charge in [0.15, 0.2) is 0 Å². The monoisotopic (exact) mass is 367 g/mol. The van der Waals surface area contributed by atoms with Crippen LogP contribution in [0.15, 0.2) is 47.7 Å². The maximum atomic E-state index is 14.1. The number of hydrogen-bond acceptors (Lipinski definition) is 3. The molecule has 0 saturated carbocycles. The van der Waals surface area contributed by atoms with Crippen LogP contribution in [0.2, 0.25) is 0 Å². The molecule has 1 aliphatic carbocycles. The Bertz CT molecular complexity index is 918. The van der Waals surface area contributed by atoms with Crippen molar-refractivity contribution >= 4 is 12.0 Å². The van der Waals surface area contributed by atoms with Gasteiger partial charge in [-0.25, -0.2) is 9.18 Å². The van der Waals surface area contributed by atoms with Crippen LogP contribution in [0.4, 0.5) is 4.39 Å². The number of nitrogens with zero attached hydrogens (tertiary/aromatic N) is 1. The van der Waals surface area contributed by atoms with Crippen LogP contribution >= 0.6 is 0 Å². The van der Waals surface area contributed by atoms with Crippen molar-refractivity contribution < 1.29 is 14.3 Å². The summed E-state index contributed by atoms with van der Waals surface area (Å²) in [6.07, 6.45) is 6.30. The Morgan fingerprint density at radius 2 is 2.04 bits per heavy atom. The molecular formula is C22H22FNO3. The smallest absolute Gasteiger partial charge is 0.335 e. The van der Waals surface area contributed by atoms with Gasteiger partial charge in [-0.3, -0.25) is 0 Å². The molecule has 3 rings (SSSR count). The Hall–Kier alpha value is -2.82. The normalized spacial score (nSPS) is 16.7. The van der Waals surface area contributed by atoms with Crippen molar-refractivity contribution in [2.45, 2.75) is 44.6 Å². The highest BCUT2D eigenvalue weighted by molar-refractivity contribution is 5.87. The fourth-order valence-corrected chi connectivity index (χ4v) is 3.68. The second-order valence-corrected chi connectivity index (χ2v) is 7.60. The van der Waals surface area contributed by atoms with Gasteiger partial charge in [-0.15, -0.1) is 4.91 Å². The van der Waals surface area contributed by atoms with E-state index in [2.05, 4.69) is 25.1 Å². The molecule has 0 aromatic heterocycles. The number of halogens is 1. The molecule has 0 radical (unpaired) electrons. The lowest BCUT2D eigenvalue weighted by atomic mass is 9.72. The predicted molar refractivity (Wildman–Crippen MR) is 103 cm³/mol. The molecule has 1 unspecified atom stereocenters. The van der Waals surface area contributed by atoms with Crippen LogP contribution < -0.4 is 0 Å². The van der Waals surface area contributed by atoms with E-state index in [0.29, 0.717) is 0 Å². The molecule has 27 heavy (non-hydrogen) atoms. The lowest BCUT2D eigenvalue weighted by Crippen LogP contribution is -2.24. The second-order valence-electron chi connectivity index (χ2n) is 7.60. The Kier molecular flexibility index (Phi) is 5.22. The molecule has 0 spiro atoms. The number of carbonyl (C=O) groups is 1. The minimum Gasteiger partial charge on any atom is -0.478 e. The molecule has 0 heterocycles. The van der Waals surface area contributed by atoms with Crippen LogP contribution in [0.3, 0.4) is 0 Å². The average Bonchev–Trinajstić information content (AvgIpc) is 2.63. The van der Waals surface area contributed by atoms with Crippen molar-refractivity contribution in [3.05, 3.63) is 81.0 Å². The van der Waals surface area contributed by atoms with Gasteiger partial charge >= 0.3 is 5.97 Å². The zero-order valence-corrected chi connectivity index (χ0v) is 15.4. The summed E-state index contributed by atoms with van der Waals surface area (Å²) in [5, 5.41) is 12.1. The number of rotatable bonds is 5. The average molecular weight is 367 g/mol. The first-order valence-electron chi connectivity index (χ1n) is 8.98. The summed E-state index contributed by atoms with van der Waals surface area (Å²) in [7, 11) is 0. The number of carboxylic acids is 1. The van der Waals surface area contributed by atoms with E-state index in [9.17, 15) is 14.1 Å². The first-order valence-corrected chi connectivity index (χ1v) is 8.98. The second kappa shape index (κ2) is 7.43. The summed E-state index contributed by atoms with van der Waals surface area (Å²) in [6, 6.07) is 8.94. The number of benzene rings is 2. The zero-order valence-electron chi connectivity index (χ0n) is 15.4. The van der Waals surface area contributed by atoms with Gasteiger partial charge in [0.2, 0.25) is 0 Å². The summed E-state index contributed by atoms with van der Waals surface area (Å²) in [5.41, 5.74) is 3.47. The highest BCUT2D eigenvalue weighted by Crippen LogP contribution is 2.38. The third-order valence-corrected chi connectivity index (χ3v) is 5.27. The standard InChI is InChI=1S/C22H22FNO3/c1-22(2)11-3-4-14-5-7-16(12-18(14)22)20(24-27)10-9-15-6-8-17(21(25)26)13-19(15)23/h5-10,12-13,20H,3-4,11H2,1-2H3,(H,25,26). The van der Waals surface area contributed by atoms with Crippen molar-refractivity contribution in [2.75, 3.05) is 0 Å². The minimum atomic E-state index is -1.19. The molecule has 2 aromatic rings. The van der Waals surface area contributed by atoms with Crippen LogP contribution in [0, 0.1) is 10.7 Å². The van der Waals surface area contributed by atoms with Crippen LogP contribution in [0.5, 0.6) is 0 Å². The maximum Gasteiger partial charge on any atom is 0.335 e. The first-order chi connectivity index (χ1) is 12.8. The van der Waals surface area contributed by atoms with Gasteiger partial charge in [0.05, 0.1) is 5.56 Å². The Morgan fingerprint density at radius 1 is 1.26 bits per heavy atom. The van der Waals surface area contributed by atoms with Gasteiger partial charge in [-0.05, 0) is 53.5 Å². The largest absolute Gasteiger partial charge is 0.478 e. The lowest BCUT2D eigenvalue weighted by molar-refractivity contribution is 0.0696. The summed E-state index contributed by atoms with van der Waals surface area (Å²) in [6.45, 7) is 4.40. The van der Waals surface area contributed by atoms with E-state index >= 15 is 0 Å². The number of hydrogen-bond donors (Lipinski definition) is 1. The number of fused-ring (bicyclic) bond motifs is 1. The molecule has 1 atom stereocenters. The fourth-order valence-electron chi connectivity index (χ4n) is 3.68. The molecule has 0 aliphatic heterocycles. The SMILES string of the molecule is CC1(C)CCCc2ccc(C(C=Cc3ccc(C(=O)O)cc3F)N=O)cc21. The number of aryl methyl sites for hydroxylation is 1. The molecule has 2 aromatic carbocycles. The van der Waals surface area contributed by atoms with Gasteiger partial charge in [-0.1, -0.05) is 55.4 Å². The lowest BCUT2D eigenvalue weighted by Gasteiger charge is -2.33. The van der Waals surface area contributed by atoms with Gasteiger partial charge < -0.3 is 5.11 Å². The van der Waals surface area contributed by atoms with Crippen LogP contribution in [-0.2, 0) is 11.8 Å². The number of nitroso groups, excluding NO2 is 1. The predicted octanol–water partition coefficient (Wildman–Crippen LogP) is 5.66. The van der Waals surface area contributed by atoms with E-state index in [1.54, 1.807) is 6.08 Å².